The number of rotatable bonds is 6. The zero-order valence-electron chi connectivity index (χ0n) is 22.2. The second-order valence-corrected chi connectivity index (χ2v) is 11.7. The quantitative estimate of drug-likeness (QED) is 0.627. The highest BCUT2D eigenvalue weighted by atomic mass is 19.1. The summed E-state index contributed by atoms with van der Waals surface area (Å²) < 4.78 is 18.9. The summed E-state index contributed by atoms with van der Waals surface area (Å²) in [5.41, 5.74) is -0.525. The van der Waals surface area contributed by atoms with Crippen LogP contribution in [0, 0.1) is 17.1 Å². The second kappa shape index (κ2) is 9.93. The minimum absolute atomic E-state index is 0.0508. The fraction of sp³-hybridized carbons (Fsp3) is 0.630. The van der Waals surface area contributed by atoms with E-state index in [9.17, 15) is 24.0 Å². The molecule has 3 aliphatic rings. The molecule has 3 saturated heterocycles. The topological polar surface area (TPSA) is 106 Å². The molecular weight excluding hydrogens is 477 g/mol. The van der Waals surface area contributed by atoms with E-state index in [2.05, 4.69) is 11.4 Å². The van der Waals surface area contributed by atoms with Crippen molar-refractivity contribution in [2.24, 2.45) is 0 Å². The summed E-state index contributed by atoms with van der Waals surface area (Å²) in [6.07, 6.45) is 1.22. The van der Waals surface area contributed by atoms with Gasteiger partial charge in [-0.05, 0) is 71.6 Å². The van der Waals surface area contributed by atoms with E-state index in [0.717, 1.165) is 12.0 Å². The molecule has 1 N–H and O–H groups in total. The number of likely N-dealkylation sites (tertiary alicyclic amines) is 3. The van der Waals surface area contributed by atoms with Gasteiger partial charge < -0.3 is 19.9 Å². The van der Waals surface area contributed by atoms with Crippen LogP contribution < -0.4 is 5.32 Å². The number of hydrogen-bond acceptors (Lipinski definition) is 6. The third-order valence-corrected chi connectivity index (χ3v) is 7.51. The summed E-state index contributed by atoms with van der Waals surface area (Å²) in [5, 5.41) is 12.2. The molecule has 200 valence electrons. The van der Waals surface area contributed by atoms with E-state index in [-0.39, 0.29) is 30.2 Å². The molecule has 0 radical (unpaired) electrons. The van der Waals surface area contributed by atoms with Crippen LogP contribution in [-0.2, 0) is 19.9 Å². The van der Waals surface area contributed by atoms with E-state index >= 15 is 0 Å². The highest BCUT2D eigenvalue weighted by Gasteiger charge is 2.55. The Morgan fingerprint density at radius 1 is 1.22 bits per heavy atom. The van der Waals surface area contributed by atoms with Crippen molar-refractivity contribution in [3.05, 3.63) is 35.6 Å². The summed E-state index contributed by atoms with van der Waals surface area (Å²) in [7, 11) is 0. The molecule has 0 unspecified atom stereocenters. The molecule has 10 heteroatoms. The number of piperazine rings is 1. The van der Waals surface area contributed by atoms with Gasteiger partial charge in [-0.1, -0.05) is 12.1 Å². The minimum Gasteiger partial charge on any atom is -0.444 e. The third-order valence-electron chi connectivity index (χ3n) is 7.51. The zero-order valence-corrected chi connectivity index (χ0v) is 22.2. The molecular formula is C27H36FN5O4. The summed E-state index contributed by atoms with van der Waals surface area (Å²) in [6, 6.07) is 6.39. The van der Waals surface area contributed by atoms with Crippen molar-refractivity contribution in [1.82, 2.24) is 20.0 Å². The molecule has 3 amide bonds. The van der Waals surface area contributed by atoms with E-state index in [1.165, 1.54) is 17.0 Å². The lowest BCUT2D eigenvalue weighted by Crippen LogP contribution is -2.61. The Hall–Kier alpha value is -3.19. The molecule has 2 bridgehead atoms. The van der Waals surface area contributed by atoms with Gasteiger partial charge in [-0.15, -0.1) is 0 Å². The molecule has 3 fully saturated rings. The van der Waals surface area contributed by atoms with E-state index in [0.29, 0.717) is 25.9 Å². The molecule has 4 atom stereocenters. The third kappa shape index (κ3) is 5.42. The van der Waals surface area contributed by atoms with Crippen LogP contribution in [0.2, 0.25) is 0 Å². The smallest absolute Gasteiger partial charge is 0.408 e. The molecule has 1 aromatic rings. The fourth-order valence-electron chi connectivity index (χ4n) is 5.83. The molecule has 1 aromatic carbocycles. The van der Waals surface area contributed by atoms with Crippen molar-refractivity contribution in [1.29, 1.82) is 5.26 Å². The van der Waals surface area contributed by atoms with Gasteiger partial charge in [0, 0.05) is 25.7 Å². The predicted octanol–water partition coefficient (Wildman–Crippen LogP) is 2.75. The Morgan fingerprint density at radius 2 is 1.89 bits per heavy atom. The van der Waals surface area contributed by atoms with E-state index in [1.807, 2.05) is 23.6 Å². The minimum atomic E-state index is -0.950. The number of carbonyl (C=O) groups excluding carboxylic acids is 3. The van der Waals surface area contributed by atoms with Gasteiger partial charge in [0.05, 0.1) is 17.6 Å². The molecule has 37 heavy (non-hydrogen) atoms. The Labute approximate surface area is 217 Å². The van der Waals surface area contributed by atoms with Crippen LogP contribution in [0.1, 0.15) is 59.4 Å². The van der Waals surface area contributed by atoms with Gasteiger partial charge in [0.1, 0.15) is 23.5 Å². The standard InChI is InChI=1S/C27H36FN5O4/c1-26(2,3)37-25(36)30-21(23(34)32-12-6-7-19(32)14-29)16-31-15-20-13-22(31)24(35)33(20)27(4,5)17-8-10-18(28)11-9-17/h8-11,19-22H,6-7,12-13,15-16H2,1-5H3,(H,30,36)/t19-,20-,21-,22-/m0/s1. The maximum Gasteiger partial charge on any atom is 0.408 e. The lowest BCUT2D eigenvalue weighted by Gasteiger charge is -2.44. The van der Waals surface area contributed by atoms with E-state index in [4.69, 9.17) is 4.74 Å². The van der Waals surface area contributed by atoms with Gasteiger partial charge >= 0.3 is 6.09 Å². The lowest BCUT2D eigenvalue weighted by atomic mass is 9.91. The second-order valence-electron chi connectivity index (χ2n) is 11.7. The maximum absolute atomic E-state index is 13.5. The molecule has 0 spiro atoms. The number of nitrogens with zero attached hydrogens (tertiary/aromatic N) is 4. The molecule has 0 aliphatic carbocycles. The number of benzene rings is 1. The number of carbonyl (C=O) groups is 3. The van der Waals surface area contributed by atoms with Crippen molar-refractivity contribution < 1.29 is 23.5 Å². The summed E-state index contributed by atoms with van der Waals surface area (Å²) in [4.78, 5) is 45.0. The predicted molar refractivity (Wildman–Crippen MR) is 134 cm³/mol. The number of hydrogen-bond donors (Lipinski definition) is 1. The van der Waals surface area contributed by atoms with Gasteiger partial charge in [-0.3, -0.25) is 14.5 Å². The van der Waals surface area contributed by atoms with Crippen molar-refractivity contribution >= 4 is 17.9 Å². The van der Waals surface area contributed by atoms with Crippen LogP contribution in [0.25, 0.3) is 0 Å². The van der Waals surface area contributed by atoms with Crippen LogP contribution >= 0.6 is 0 Å². The number of halogens is 1. The molecule has 0 aromatic heterocycles. The highest BCUT2D eigenvalue weighted by Crippen LogP contribution is 2.41. The Kier molecular flexibility index (Phi) is 7.21. The van der Waals surface area contributed by atoms with Gasteiger partial charge in [0.25, 0.3) is 0 Å². The number of amides is 3. The average Bonchev–Trinajstić information content (AvgIpc) is 3.51. The maximum atomic E-state index is 13.5. The molecule has 3 heterocycles. The highest BCUT2D eigenvalue weighted by molar-refractivity contribution is 5.88. The van der Waals surface area contributed by atoms with Crippen LogP contribution in [0.3, 0.4) is 0 Å². The monoisotopic (exact) mass is 513 g/mol. The molecule has 3 aliphatic heterocycles. The van der Waals surface area contributed by atoms with Gasteiger partial charge in [0.15, 0.2) is 0 Å². The largest absolute Gasteiger partial charge is 0.444 e. The van der Waals surface area contributed by atoms with Crippen LogP contribution in [0.4, 0.5) is 9.18 Å². The van der Waals surface area contributed by atoms with Crippen LogP contribution in [0.5, 0.6) is 0 Å². The molecule has 4 rings (SSSR count). The molecule has 9 nitrogen and oxygen atoms in total. The first-order valence-electron chi connectivity index (χ1n) is 12.8. The van der Waals surface area contributed by atoms with Crippen LogP contribution in [-0.4, -0.2) is 82.0 Å². The van der Waals surface area contributed by atoms with E-state index in [1.54, 1.807) is 32.9 Å². The van der Waals surface area contributed by atoms with Crippen LogP contribution in [0.15, 0.2) is 24.3 Å². The summed E-state index contributed by atoms with van der Waals surface area (Å²) >= 11 is 0. The first-order valence-corrected chi connectivity index (χ1v) is 12.8. The first-order chi connectivity index (χ1) is 17.3. The number of fused-ring (bicyclic) bond motifs is 2. The van der Waals surface area contributed by atoms with Crippen molar-refractivity contribution in [2.45, 2.75) is 89.2 Å². The van der Waals surface area contributed by atoms with Crippen molar-refractivity contribution in [2.75, 3.05) is 19.6 Å². The lowest BCUT2D eigenvalue weighted by molar-refractivity contribution is -0.144. The Bertz CT molecular complexity index is 1090. The van der Waals surface area contributed by atoms with Gasteiger partial charge in [0.2, 0.25) is 11.8 Å². The van der Waals surface area contributed by atoms with Gasteiger partial charge in [-0.2, -0.15) is 5.26 Å². The summed E-state index contributed by atoms with van der Waals surface area (Å²) in [6.45, 7) is 10.3. The number of alkyl carbamates (subject to hydrolysis) is 1. The number of ether oxygens (including phenoxy) is 1. The first kappa shape index (κ1) is 26.9. The normalized spacial score (nSPS) is 24.8. The Morgan fingerprint density at radius 3 is 2.49 bits per heavy atom. The SMILES string of the molecule is CC(C)(C)OC(=O)N[C@@H](CN1C[C@@H]2C[C@H]1C(=O)N2C(C)(C)c1ccc(F)cc1)C(=O)N1CCC[C@H]1C#N. The van der Waals surface area contributed by atoms with Gasteiger partial charge in [-0.25, -0.2) is 9.18 Å². The van der Waals surface area contributed by atoms with Crippen molar-refractivity contribution in [3.8, 4) is 6.07 Å². The average molecular weight is 514 g/mol. The molecule has 0 saturated carbocycles. The fourth-order valence-corrected chi connectivity index (χ4v) is 5.83. The number of nitrogens with one attached hydrogen (secondary N) is 1. The zero-order chi connectivity index (χ0) is 27.1. The van der Waals surface area contributed by atoms with E-state index < -0.39 is 35.4 Å². The summed E-state index contributed by atoms with van der Waals surface area (Å²) in [5.74, 6) is -0.719. The number of nitriles is 1. The Balaban J connectivity index is 1.50. The van der Waals surface area contributed by atoms with Crippen molar-refractivity contribution in [3.63, 3.8) is 0 Å².